The Morgan fingerprint density at radius 3 is 2.48 bits per heavy atom. The first-order chi connectivity index (χ1) is 12.0. The third-order valence-electron chi connectivity index (χ3n) is 4.20. The topological polar surface area (TPSA) is 71.1 Å². The van der Waals surface area contributed by atoms with Crippen molar-refractivity contribution in [3.63, 3.8) is 0 Å². The number of piperazine rings is 1. The number of nitrogens with zero attached hydrogens (tertiary/aromatic N) is 2. The molecule has 0 saturated carbocycles. The quantitative estimate of drug-likeness (QED) is 0.836. The first-order valence-electron chi connectivity index (χ1n) is 8.48. The zero-order chi connectivity index (χ0) is 18.2. The van der Waals surface area contributed by atoms with Gasteiger partial charge in [0, 0.05) is 33.3 Å². The van der Waals surface area contributed by atoms with Crippen molar-refractivity contribution in [3.05, 3.63) is 29.8 Å². The van der Waals surface area contributed by atoms with Crippen LogP contribution in [0.2, 0.25) is 0 Å². The predicted molar refractivity (Wildman–Crippen MR) is 94.7 cm³/mol. The third-order valence-corrected chi connectivity index (χ3v) is 4.20. The second-order valence-corrected chi connectivity index (χ2v) is 6.20. The summed E-state index contributed by atoms with van der Waals surface area (Å²) in [7, 11) is 3.22. The summed E-state index contributed by atoms with van der Waals surface area (Å²) < 4.78 is 10.2. The molecule has 1 aliphatic heterocycles. The highest BCUT2D eigenvalue weighted by Gasteiger charge is 2.24. The van der Waals surface area contributed by atoms with Crippen LogP contribution in [0.5, 0.6) is 5.75 Å². The van der Waals surface area contributed by atoms with Crippen molar-refractivity contribution in [2.45, 2.75) is 19.4 Å². The van der Waals surface area contributed by atoms with Crippen LogP contribution < -0.4 is 10.1 Å². The number of hydrogen-bond acceptors (Lipinski definition) is 4. The van der Waals surface area contributed by atoms with Crippen LogP contribution >= 0.6 is 0 Å². The first-order valence-corrected chi connectivity index (χ1v) is 8.48. The summed E-state index contributed by atoms with van der Waals surface area (Å²) in [5.41, 5.74) is 0.929. The number of hydrogen-bond donors (Lipinski definition) is 1. The molecule has 1 N–H and O–H groups in total. The van der Waals surface area contributed by atoms with Crippen molar-refractivity contribution in [1.82, 2.24) is 15.1 Å². The van der Waals surface area contributed by atoms with Gasteiger partial charge in [0.05, 0.1) is 26.2 Å². The average Bonchev–Trinajstić information content (AvgIpc) is 2.62. The van der Waals surface area contributed by atoms with E-state index in [0.717, 1.165) is 11.3 Å². The van der Waals surface area contributed by atoms with Crippen LogP contribution in [0, 0.1) is 0 Å². The summed E-state index contributed by atoms with van der Waals surface area (Å²) in [5, 5.41) is 2.89. The predicted octanol–water partition coefficient (Wildman–Crippen LogP) is 1.13. The molecule has 0 unspecified atom stereocenters. The van der Waals surface area contributed by atoms with Gasteiger partial charge in [-0.1, -0.05) is 12.1 Å². The van der Waals surface area contributed by atoms with Crippen LogP contribution in [-0.4, -0.2) is 74.8 Å². The van der Waals surface area contributed by atoms with Gasteiger partial charge in [-0.15, -0.1) is 0 Å². The molecule has 1 aliphatic rings. The van der Waals surface area contributed by atoms with Crippen molar-refractivity contribution < 1.29 is 19.1 Å². The average molecular weight is 349 g/mol. The van der Waals surface area contributed by atoms with E-state index in [-0.39, 0.29) is 18.0 Å². The molecule has 1 heterocycles. The van der Waals surface area contributed by atoms with Gasteiger partial charge in [0.15, 0.2) is 0 Å². The number of benzene rings is 1. The molecule has 0 spiro atoms. The minimum Gasteiger partial charge on any atom is -0.497 e. The van der Waals surface area contributed by atoms with E-state index in [2.05, 4.69) is 5.32 Å². The van der Waals surface area contributed by atoms with E-state index in [4.69, 9.17) is 9.47 Å². The van der Waals surface area contributed by atoms with Gasteiger partial charge in [-0.2, -0.15) is 0 Å². The molecule has 1 fully saturated rings. The molecular formula is C18H27N3O4. The highest BCUT2D eigenvalue weighted by molar-refractivity contribution is 5.79. The lowest BCUT2D eigenvalue weighted by Crippen LogP contribution is -2.54. The van der Waals surface area contributed by atoms with E-state index in [1.807, 2.05) is 36.1 Å². The minimum absolute atomic E-state index is 0.0368. The Labute approximate surface area is 148 Å². The fourth-order valence-corrected chi connectivity index (χ4v) is 2.82. The molecule has 1 aromatic carbocycles. The summed E-state index contributed by atoms with van der Waals surface area (Å²) >= 11 is 0. The van der Waals surface area contributed by atoms with E-state index in [1.54, 1.807) is 19.1 Å². The lowest BCUT2D eigenvalue weighted by molar-refractivity contribution is -0.131. The van der Waals surface area contributed by atoms with Crippen LogP contribution in [0.1, 0.15) is 12.5 Å². The molecule has 1 aromatic rings. The number of carbonyl (C=O) groups excluding carboxylic acids is 2. The molecule has 0 radical (unpaired) electrons. The van der Waals surface area contributed by atoms with Crippen LogP contribution in [-0.2, 0) is 16.0 Å². The monoisotopic (exact) mass is 349 g/mol. The molecule has 1 atom stereocenters. The van der Waals surface area contributed by atoms with Crippen molar-refractivity contribution >= 4 is 11.9 Å². The standard InChI is InChI=1S/C18H27N3O4/c1-14(13-24-2)19-18(23)21-9-7-20(8-10-21)17(22)12-15-5-4-6-16(11-15)25-3/h4-6,11,14H,7-10,12-13H2,1-3H3,(H,19,23)/t14-/m0/s1. The lowest BCUT2D eigenvalue weighted by Gasteiger charge is -2.35. The van der Waals surface area contributed by atoms with Gasteiger partial charge in [-0.25, -0.2) is 4.79 Å². The van der Waals surface area contributed by atoms with Gasteiger partial charge in [0.25, 0.3) is 0 Å². The molecule has 1 saturated heterocycles. The van der Waals surface area contributed by atoms with Crippen molar-refractivity contribution in [1.29, 1.82) is 0 Å². The van der Waals surface area contributed by atoms with Crippen molar-refractivity contribution in [2.75, 3.05) is 47.0 Å². The minimum atomic E-state index is -0.107. The Morgan fingerprint density at radius 2 is 1.84 bits per heavy atom. The highest BCUT2D eigenvalue weighted by Crippen LogP contribution is 2.14. The maximum atomic E-state index is 12.5. The molecular weight excluding hydrogens is 322 g/mol. The highest BCUT2D eigenvalue weighted by atomic mass is 16.5. The van der Waals surface area contributed by atoms with E-state index in [1.165, 1.54) is 0 Å². The lowest BCUT2D eigenvalue weighted by atomic mass is 10.1. The van der Waals surface area contributed by atoms with Gasteiger partial charge in [0.1, 0.15) is 5.75 Å². The Balaban J connectivity index is 1.80. The number of methoxy groups -OCH3 is 2. The summed E-state index contributed by atoms with van der Waals surface area (Å²) in [6.07, 6.45) is 0.342. The van der Waals surface area contributed by atoms with Crippen molar-refractivity contribution in [2.24, 2.45) is 0 Å². The normalized spacial score (nSPS) is 15.6. The smallest absolute Gasteiger partial charge is 0.317 e. The number of ether oxygens (including phenoxy) is 2. The fraction of sp³-hybridized carbons (Fsp3) is 0.556. The van der Waals surface area contributed by atoms with E-state index in [0.29, 0.717) is 39.2 Å². The summed E-state index contributed by atoms with van der Waals surface area (Å²) in [6, 6.07) is 7.38. The summed E-state index contributed by atoms with van der Waals surface area (Å²) in [5.74, 6) is 0.818. The van der Waals surface area contributed by atoms with Gasteiger partial charge in [-0.05, 0) is 24.6 Å². The maximum absolute atomic E-state index is 12.5. The van der Waals surface area contributed by atoms with Gasteiger partial charge >= 0.3 is 6.03 Å². The second kappa shape index (κ2) is 9.27. The molecule has 7 nitrogen and oxygen atoms in total. The van der Waals surface area contributed by atoms with E-state index in [9.17, 15) is 9.59 Å². The van der Waals surface area contributed by atoms with Gasteiger partial charge < -0.3 is 24.6 Å². The van der Waals surface area contributed by atoms with Crippen molar-refractivity contribution in [3.8, 4) is 5.75 Å². The zero-order valence-electron chi connectivity index (χ0n) is 15.2. The molecule has 138 valence electrons. The number of rotatable bonds is 6. The Bertz CT molecular complexity index is 585. The van der Waals surface area contributed by atoms with Crippen LogP contribution in [0.4, 0.5) is 4.79 Å². The molecule has 0 bridgehead atoms. The number of carbonyl (C=O) groups is 2. The SMILES string of the molecule is COC[C@H](C)NC(=O)N1CCN(C(=O)Cc2cccc(OC)c2)CC1. The zero-order valence-corrected chi connectivity index (χ0v) is 15.2. The Morgan fingerprint density at radius 1 is 1.16 bits per heavy atom. The van der Waals surface area contributed by atoms with E-state index >= 15 is 0 Å². The fourth-order valence-electron chi connectivity index (χ4n) is 2.82. The van der Waals surface area contributed by atoms with Crippen LogP contribution in [0.15, 0.2) is 24.3 Å². The maximum Gasteiger partial charge on any atom is 0.317 e. The molecule has 2 rings (SSSR count). The van der Waals surface area contributed by atoms with Gasteiger partial charge in [-0.3, -0.25) is 4.79 Å². The molecule has 3 amide bonds. The largest absolute Gasteiger partial charge is 0.497 e. The summed E-state index contributed by atoms with van der Waals surface area (Å²) in [4.78, 5) is 28.2. The number of nitrogens with one attached hydrogen (secondary N) is 1. The number of urea groups is 1. The third kappa shape index (κ3) is 5.63. The molecule has 0 aliphatic carbocycles. The Kier molecular flexibility index (Phi) is 7.06. The second-order valence-electron chi connectivity index (χ2n) is 6.20. The molecule has 7 heteroatoms. The Hall–Kier alpha value is -2.28. The van der Waals surface area contributed by atoms with Gasteiger partial charge in [0.2, 0.25) is 5.91 Å². The molecule has 0 aromatic heterocycles. The van der Waals surface area contributed by atoms with Crippen LogP contribution in [0.25, 0.3) is 0 Å². The van der Waals surface area contributed by atoms with E-state index < -0.39 is 0 Å². The summed E-state index contributed by atoms with van der Waals surface area (Å²) in [6.45, 7) is 4.55. The molecule has 25 heavy (non-hydrogen) atoms. The first kappa shape index (κ1) is 19.1. The van der Waals surface area contributed by atoms with Crippen LogP contribution in [0.3, 0.4) is 0 Å². The number of amides is 3.